The molecule has 72 valence electrons. The van der Waals surface area contributed by atoms with Crippen molar-refractivity contribution in [3.8, 4) is 0 Å². The summed E-state index contributed by atoms with van der Waals surface area (Å²) in [5.41, 5.74) is 1.36. The number of aliphatic hydroxyl groups excluding tert-OH is 1. The van der Waals surface area contributed by atoms with Crippen LogP contribution in [-0.4, -0.2) is 10.1 Å². The maximum absolute atomic E-state index is 8.90. The molecule has 0 saturated heterocycles. The number of rotatable bonds is 1. The molecule has 0 bridgehead atoms. The van der Waals surface area contributed by atoms with Crippen molar-refractivity contribution in [3.05, 3.63) is 40.0 Å². The Kier molecular flexibility index (Phi) is 2.59. The average Bonchev–Trinajstić information content (AvgIpc) is 2.23. The molecule has 1 aromatic carbocycles. The third-order valence-electron chi connectivity index (χ3n) is 1.98. The summed E-state index contributed by atoms with van der Waals surface area (Å²) < 4.78 is 0. The van der Waals surface area contributed by atoms with Crippen LogP contribution >= 0.6 is 23.2 Å². The number of halogens is 2. The molecule has 0 aliphatic heterocycles. The maximum Gasteiger partial charge on any atom is 0.0853 e. The highest BCUT2D eigenvalue weighted by Gasteiger charge is 2.04. The predicted octanol–water partition coefficient (Wildman–Crippen LogP) is 3.03. The Labute approximate surface area is 91.1 Å². The van der Waals surface area contributed by atoms with Crippen LogP contribution in [0.4, 0.5) is 0 Å². The summed E-state index contributed by atoms with van der Waals surface area (Å²) in [5, 5.41) is 10.7. The van der Waals surface area contributed by atoms with E-state index in [2.05, 4.69) is 4.98 Å². The zero-order chi connectivity index (χ0) is 10.1. The zero-order valence-electron chi connectivity index (χ0n) is 7.17. The smallest absolute Gasteiger partial charge is 0.0853 e. The lowest BCUT2D eigenvalue weighted by molar-refractivity contribution is 0.277. The fourth-order valence-corrected chi connectivity index (χ4v) is 1.66. The van der Waals surface area contributed by atoms with Crippen molar-refractivity contribution in [2.75, 3.05) is 0 Å². The van der Waals surface area contributed by atoms with E-state index in [9.17, 15) is 0 Å². The van der Waals surface area contributed by atoms with Gasteiger partial charge >= 0.3 is 0 Å². The van der Waals surface area contributed by atoms with E-state index >= 15 is 0 Å². The van der Waals surface area contributed by atoms with Gasteiger partial charge in [-0.05, 0) is 24.3 Å². The summed E-state index contributed by atoms with van der Waals surface area (Å²) in [6, 6.07) is 7.01. The van der Waals surface area contributed by atoms with Crippen LogP contribution < -0.4 is 0 Å². The van der Waals surface area contributed by atoms with Gasteiger partial charge in [-0.2, -0.15) is 0 Å². The molecule has 4 heteroatoms. The van der Waals surface area contributed by atoms with Crippen molar-refractivity contribution < 1.29 is 5.11 Å². The third kappa shape index (κ3) is 1.57. The van der Waals surface area contributed by atoms with E-state index in [1.165, 1.54) is 0 Å². The minimum absolute atomic E-state index is 0.0732. The molecule has 0 radical (unpaired) electrons. The second-order valence-electron chi connectivity index (χ2n) is 2.89. The van der Waals surface area contributed by atoms with Crippen LogP contribution in [0.1, 0.15) is 5.69 Å². The van der Waals surface area contributed by atoms with Gasteiger partial charge in [0.25, 0.3) is 0 Å². The second-order valence-corrected chi connectivity index (χ2v) is 3.67. The zero-order valence-corrected chi connectivity index (χ0v) is 8.68. The topological polar surface area (TPSA) is 33.1 Å². The van der Waals surface area contributed by atoms with Crippen LogP contribution in [-0.2, 0) is 6.61 Å². The molecule has 2 rings (SSSR count). The molecule has 2 nitrogen and oxygen atoms in total. The Balaban J connectivity index is 2.74. The van der Waals surface area contributed by atoms with Crippen LogP contribution in [0.3, 0.4) is 0 Å². The Morgan fingerprint density at radius 1 is 1.14 bits per heavy atom. The molecule has 0 saturated carbocycles. The lowest BCUT2D eigenvalue weighted by Gasteiger charge is -2.03. The van der Waals surface area contributed by atoms with Crippen LogP contribution in [0.2, 0.25) is 10.0 Å². The first kappa shape index (κ1) is 9.71. The Morgan fingerprint density at radius 3 is 2.64 bits per heavy atom. The highest BCUT2D eigenvalue weighted by atomic mass is 35.5. The summed E-state index contributed by atoms with van der Waals surface area (Å²) >= 11 is 11.8. The SMILES string of the molecule is OCc1ccc2c(Cl)c(Cl)ccc2n1. The van der Waals surface area contributed by atoms with Crippen molar-refractivity contribution >= 4 is 34.1 Å². The van der Waals surface area contributed by atoms with Gasteiger partial charge in [-0.3, -0.25) is 4.98 Å². The van der Waals surface area contributed by atoms with Crippen LogP contribution in [0.25, 0.3) is 10.9 Å². The Morgan fingerprint density at radius 2 is 1.93 bits per heavy atom. The van der Waals surface area contributed by atoms with E-state index in [1.807, 2.05) is 6.07 Å². The van der Waals surface area contributed by atoms with E-state index in [1.54, 1.807) is 18.2 Å². The number of aliphatic hydroxyl groups is 1. The summed E-state index contributed by atoms with van der Waals surface area (Å²) in [6.07, 6.45) is 0. The van der Waals surface area contributed by atoms with Crippen molar-refractivity contribution in [1.29, 1.82) is 0 Å². The average molecular weight is 228 g/mol. The molecule has 0 fully saturated rings. The van der Waals surface area contributed by atoms with Gasteiger partial charge < -0.3 is 5.11 Å². The van der Waals surface area contributed by atoms with Gasteiger partial charge in [0.1, 0.15) is 0 Å². The second kappa shape index (κ2) is 3.73. The molecule has 1 N–H and O–H groups in total. The first-order valence-corrected chi connectivity index (χ1v) is 4.82. The van der Waals surface area contributed by atoms with Crippen molar-refractivity contribution in [2.45, 2.75) is 6.61 Å². The van der Waals surface area contributed by atoms with E-state index < -0.39 is 0 Å². The summed E-state index contributed by atoms with van der Waals surface area (Å²) in [4.78, 5) is 4.20. The van der Waals surface area contributed by atoms with Gasteiger partial charge in [0.2, 0.25) is 0 Å². The van der Waals surface area contributed by atoms with Gasteiger partial charge in [0, 0.05) is 5.39 Å². The molecular formula is C10H7Cl2NO. The number of aromatic nitrogens is 1. The Bertz CT molecular complexity index is 485. The molecule has 14 heavy (non-hydrogen) atoms. The highest BCUT2D eigenvalue weighted by molar-refractivity contribution is 6.45. The standard InChI is InChI=1S/C10H7Cl2NO/c11-8-3-4-9-7(10(8)12)2-1-6(5-14)13-9/h1-4,14H,5H2. The van der Waals surface area contributed by atoms with E-state index in [-0.39, 0.29) is 6.61 Å². The first-order valence-electron chi connectivity index (χ1n) is 4.07. The fraction of sp³-hybridized carbons (Fsp3) is 0.100. The van der Waals surface area contributed by atoms with Gasteiger partial charge in [-0.25, -0.2) is 0 Å². The number of hydrogen-bond acceptors (Lipinski definition) is 2. The highest BCUT2D eigenvalue weighted by Crippen LogP contribution is 2.29. The molecule has 0 aliphatic rings. The molecule has 0 atom stereocenters. The molecule has 2 aromatic rings. The number of fused-ring (bicyclic) bond motifs is 1. The normalized spacial score (nSPS) is 10.8. The quantitative estimate of drug-likeness (QED) is 0.813. The van der Waals surface area contributed by atoms with Crippen LogP contribution in [0.15, 0.2) is 24.3 Å². The van der Waals surface area contributed by atoms with Gasteiger partial charge in [-0.1, -0.05) is 23.2 Å². The molecule has 1 heterocycles. The summed E-state index contributed by atoms with van der Waals surface area (Å²) in [5.74, 6) is 0. The fourth-order valence-electron chi connectivity index (χ4n) is 1.27. The maximum atomic E-state index is 8.90. The lowest BCUT2D eigenvalue weighted by Crippen LogP contribution is -1.89. The molecular weight excluding hydrogens is 221 g/mol. The number of pyridine rings is 1. The third-order valence-corrected chi connectivity index (χ3v) is 2.80. The molecule has 0 spiro atoms. The Hall–Kier alpha value is -0.830. The molecule has 0 aliphatic carbocycles. The number of benzene rings is 1. The minimum Gasteiger partial charge on any atom is -0.390 e. The van der Waals surface area contributed by atoms with E-state index in [0.717, 1.165) is 10.9 Å². The lowest BCUT2D eigenvalue weighted by atomic mass is 10.2. The summed E-state index contributed by atoms with van der Waals surface area (Å²) in [7, 11) is 0. The molecule has 0 amide bonds. The largest absolute Gasteiger partial charge is 0.390 e. The number of hydrogen-bond donors (Lipinski definition) is 1. The van der Waals surface area contributed by atoms with Crippen molar-refractivity contribution in [3.63, 3.8) is 0 Å². The monoisotopic (exact) mass is 227 g/mol. The van der Waals surface area contributed by atoms with Gasteiger partial charge in [0.05, 0.1) is 27.9 Å². The van der Waals surface area contributed by atoms with Gasteiger partial charge in [-0.15, -0.1) is 0 Å². The molecule has 1 aromatic heterocycles. The minimum atomic E-state index is -0.0732. The van der Waals surface area contributed by atoms with Crippen molar-refractivity contribution in [1.82, 2.24) is 4.98 Å². The predicted molar refractivity (Wildman–Crippen MR) is 57.7 cm³/mol. The van der Waals surface area contributed by atoms with Gasteiger partial charge in [0.15, 0.2) is 0 Å². The van der Waals surface area contributed by atoms with E-state index in [0.29, 0.717) is 15.7 Å². The summed E-state index contributed by atoms with van der Waals surface area (Å²) in [6.45, 7) is -0.0732. The number of nitrogens with zero attached hydrogens (tertiary/aromatic N) is 1. The van der Waals surface area contributed by atoms with Crippen LogP contribution in [0.5, 0.6) is 0 Å². The van der Waals surface area contributed by atoms with Crippen molar-refractivity contribution in [2.24, 2.45) is 0 Å². The molecule has 0 unspecified atom stereocenters. The van der Waals surface area contributed by atoms with Crippen LogP contribution in [0, 0.1) is 0 Å². The van der Waals surface area contributed by atoms with E-state index in [4.69, 9.17) is 28.3 Å². The first-order chi connectivity index (χ1) is 6.72.